The number of halogens is 1. The third-order valence-electron chi connectivity index (χ3n) is 1.06. The lowest BCUT2D eigenvalue weighted by Gasteiger charge is -1.99. The van der Waals surface area contributed by atoms with Gasteiger partial charge >= 0.3 is 0 Å². The Balaban J connectivity index is 3.44. The summed E-state index contributed by atoms with van der Waals surface area (Å²) in [5.74, 6) is -0.497. The van der Waals surface area contributed by atoms with Crippen molar-refractivity contribution in [2.75, 3.05) is 7.05 Å². The SMILES string of the molecule is [2H]c1nc(Br)c(C(=O)NC)c([2H])c1[2H]. The maximum Gasteiger partial charge on any atom is 0.253 e. The molecule has 1 amide bonds. The molecule has 0 atom stereocenters. The molecule has 0 saturated carbocycles. The van der Waals surface area contributed by atoms with Crippen LogP contribution < -0.4 is 5.32 Å². The van der Waals surface area contributed by atoms with E-state index in [0.29, 0.717) is 0 Å². The summed E-state index contributed by atoms with van der Waals surface area (Å²) >= 11 is 2.98. The molecule has 11 heavy (non-hydrogen) atoms. The molecule has 1 aromatic heterocycles. The van der Waals surface area contributed by atoms with Crippen molar-refractivity contribution in [3.05, 3.63) is 28.4 Å². The lowest BCUT2D eigenvalue weighted by Crippen LogP contribution is -2.18. The number of carbonyl (C=O) groups is 1. The van der Waals surface area contributed by atoms with E-state index in [1.54, 1.807) is 0 Å². The second-order valence-electron chi connectivity index (χ2n) is 1.72. The number of nitrogens with one attached hydrogen (secondary N) is 1. The summed E-state index contributed by atoms with van der Waals surface area (Å²) in [7, 11) is 1.42. The first-order chi connectivity index (χ1) is 6.49. The number of amides is 1. The minimum Gasteiger partial charge on any atom is -0.355 e. The van der Waals surface area contributed by atoms with Gasteiger partial charge in [0, 0.05) is 13.2 Å². The van der Waals surface area contributed by atoms with Crippen molar-refractivity contribution >= 4 is 21.8 Å². The number of aromatic nitrogens is 1. The highest BCUT2D eigenvalue weighted by Gasteiger charge is 2.06. The van der Waals surface area contributed by atoms with E-state index in [-0.39, 0.29) is 28.4 Å². The fraction of sp³-hybridized carbons (Fsp3) is 0.143. The molecule has 0 aromatic carbocycles. The summed E-state index contributed by atoms with van der Waals surface area (Å²) in [5.41, 5.74) is -0.0199. The minimum absolute atomic E-state index is 0.0199. The maximum atomic E-state index is 11.3. The van der Waals surface area contributed by atoms with Crippen LogP contribution in [-0.2, 0) is 0 Å². The van der Waals surface area contributed by atoms with E-state index >= 15 is 0 Å². The van der Waals surface area contributed by atoms with Crippen molar-refractivity contribution in [1.29, 1.82) is 0 Å². The Labute approximate surface area is 77.2 Å². The van der Waals surface area contributed by atoms with Gasteiger partial charge in [-0.05, 0) is 28.0 Å². The fourth-order valence-corrected chi connectivity index (χ4v) is 0.918. The van der Waals surface area contributed by atoms with E-state index in [2.05, 4.69) is 26.2 Å². The Morgan fingerprint density at radius 2 is 2.64 bits per heavy atom. The van der Waals surface area contributed by atoms with Crippen molar-refractivity contribution < 1.29 is 8.91 Å². The number of pyridine rings is 1. The van der Waals surface area contributed by atoms with E-state index in [4.69, 9.17) is 4.11 Å². The van der Waals surface area contributed by atoms with Crippen molar-refractivity contribution in [3.8, 4) is 0 Å². The predicted molar refractivity (Wildman–Crippen MR) is 45.3 cm³/mol. The lowest BCUT2D eigenvalue weighted by molar-refractivity contribution is 0.0962. The van der Waals surface area contributed by atoms with Crippen LogP contribution >= 0.6 is 15.9 Å². The van der Waals surface area contributed by atoms with Crippen LogP contribution in [0.4, 0.5) is 0 Å². The minimum atomic E-state index is -0.497. The first kappa shape index (κ1) is 4.87. The fourth-order valence-electron chi connectivity index (χ4n) is 0.550. The molecule has 0 radical (unpaired) electrons. The summed E-state index contributed by atoms with van der Waals surface area (Å²) in [6, 6.07) is -0.650. The first-order valence-corrected chi connectivity index (χ1v) is 3.63. The van der Waals surface area contributed by atoms with Gasteiger partial charge in [0.05, 0.1) is 9.68 Å². The lowest BCUT2D eigenvalue weighted by atomic mass is 10.3. The molecule has 4 heteroatoms. The van der Waals surface area contributed by atoms with Gasteiger partial charge in [0.2, 0.25) is 0 Å². The molecule has 0 fully saturated rings. The molecule has 0 bridgehead atoms. The van der Waals surface area contributed by atoms with E-state index in [9.17, 15) is 4.79 Å². The Hall–Kier alpha value is -0.900. The van der Waals surface area contributed by atoms with E-state index in [1.165, 1.54) is 7.05 Å². The van der Waals surface area contributed by atoms with Gasteiger partial charge in [-0.1, -0.05) is 0 Å². The van der Waals surface area contributed by atoms with E-state index in [1.807, 2.05) is 0 Å². The Kier molecular flexibility index (Phi) is 1.54. The Morgan fingerprint density at radius 1 is 1.91 bits per heavy atom. The smallest absolute Gasteiger partial charge is 0.253 e. The quantitative estimate of drug-likeness (QED) is 0.719. The summed E-state index contributed by atoms with van der Waals surface area (Å²) < 4.78 is 22.1. The summed E-state index contributed by atoms with van der Waals surface area (Å²) in [5, 5.41) is 2.34. The predicted octanol–water partition coefficient (Wildman–Crippen LogP) is 1.20. The molecule has 0 saturated heterocycles. The number of hydrogen-bond donors (Lipinski definition) is 1. The van der Waals surface area contributed by atoms with Crippen LogP contribution in [0.25, 0.3) is 0 Å². The summed E-state index contributed by atoms with van der Waals surface area (Å²) in [6.07, 6.45) is -0.325. The summed E-state index contributed by atoms with van der Waals surface area (Å²) in [6.45, 7) is 0. The third kappa shape index (κ3) is 1.77. The van der Waals surface area contributed by atoms with Crippen LogP contribution in [0, 0.1) is 0 Å². The van der Waals surface area contributed by atoms with Crippen LogP contribution in [0.3, 0.4) is 0 Å². The number of rotatable bonds is 1. The van der Waals surface area contributed by atoms with Gasteiger partial charge in [0.1, 0.15) is 4.60 Å². The van der Waals surface area contributed by atoms with Crippen LogP contribution in [0.2, 0.25) is 0 Å². The van der Waals surface area contributed by atoms with Gasteiger partial charge in [-0.3, -0.25) is 4.79 Å². The highest BCUT2D eigenvalue weighted by Crippen LogP contribution is 2.11. The van der Waals surface area contributed by atoms with E-state index in [0.717, 1.165) is 0 Å². The molecule has 1 aromatic rings. The molecular weight excluding hydrogens is 208 g/mol. The van der Waals surface area contributed by atoms with Crippen molar-refractivity contribution in [2.45, 2.75) is 0 Å². The molecule has 0 aliphatic rings. The second-order valence-corrected chi connectivity index (χ2v) is 2.47. The van der Waals surface area contributed by atoms with Gasteiger partial charge in [0.25, 0.3) is 5.91 Å². The summed E-state index contributed by atoms with van der Waals surface area (Å²) in [4.78, 5) is 14.9. The highest BCUT2D eigenvalue weighted by atomic mass is 79.9. The van der Waals surface area contributed by atoms with Gasteiger partial charge in [0.15, 0.2) is 0 Å². The average molecular weight is 218 g/mol. The number of hydrogen-bond acceptors (Lipinski definition) is 2. The zero-order valence-corrected chi connectivity index (χ0v) is 7.32. The molecule has 1 heterocycles. The molecule has 0 aliphatic carbocycles. The largest absolute Gasteiger partial charge is 0.355 e. The molecule has 58 valence electrons. The van der Waals surface area contributed by atoms with Crippen LogP contribution in [0.5, 0.6) is 0 Å². The van der Waals surface area contributed by atoms with Crippen LogP contribution in [0.1, 0.15) is 14.5 Å². The van der Waals surface area contributed by atoms with E-state index < -0.39 is 5.91 Å². The molecular formula is C7H7BrN2O. The normalized spacial score (nSPS) is 13.1. The zero-order chi connectivity index (χ0) is 10.9. The van der Waals surface area contributed by atoms with Crippen LogP contribution in [0.15, 0.2) is 22.9 Å². The number of nitrogens with zero attached hydrogens (tertiary/aromatic N) is 1. The Bertz CT molecular complexity index is 397. The zero-order valence-electron chi connectivity index (χ0n) is 8.73. The third-order valence-corrected chi connectivity index (χ3v) is 1.63. The standard InChI is InChI=1S/C7H7BrN2O/c1-9-7(11)5-3-2-4-10-6(5)8/h2-4H,1H3,(H,9,11)/i2D,3D,4D. The molecule has 1 N–H and O–H groups in total. The Morgan fingerprint density at radius 3 is 3.27 bits per heavy atom. The number of carbonyl (C=O) groups excluding carboxylic acids is 1. The average Bonchev–Trinajstić information content (AvgIpc) is 2.14. The molecule has 0 spiro atoms. The monoisotopic (exact) mass is 217 g/mol. The molecule has 0 aliphatic heterocycles. The van der Waals surface area contributed by atoms with Crippen LogP contribution in [-0.4, -0.2) is 17.9 Å². The van der Waals surface area contributed by atoms with Gasteiger partial charge in [-0.25, -0.2) is 4.98 Å². The van der Waals surface area contributed by atoms with Crippen molar-refractivity contribution in [1.82, 2.24) is 10.3 Å². The van der Waals surface area contributed by atoms with Gasteiger partial charge in [-0.2, -0.15) is 0 Å². The topological polar surface area (TPSA) is 42.0 Å². The molecule has 3 nitrogen and oxygen atoms in total. The van der Waals surface area contributed by atoms with Crippen molar-refractivity contribution in [3.63, 3.8) is 0 Å². The molecule has 0 unspecified atom stereocenters. The highest BCUT2D eigenvalue weighted by molar-refractivity contribution is 9.10. The van der Waals surface area contributed by atoms with Gasteiger partial charge in [-0.15, -0.1) is 0 Å². The first-order valence-electron chi connectivity index (χ1n) is 4.34. The van der Waals surface area contributed by atoms with Crippen molar-refractivity contribution in [2.24, 2.45) is 0 Å². The maximum absolute atomic E-state index is 11.3. The van der Waals surface area contributed by atoms with Gasteiger partial charge < -0.3 is 5.32 Å². The second kappa shape index (κ2) is 3.48. The molecule has 1 rings (SSSR count).